The molecule has 0 aliphatic heterocycles. The molecule has 0 unspecified atom stereocenters. The lowest BCUT2D eigenvalue weighted by Gasteiger charge is -2.18. The zero-order valence-corrected chi connectivity index (χ0v) is 11.2. The largest absolute Gasteiger partial charge is 0.493 e. The first-order chi connectivity index (χ1) is 9.31. The van der Waals surface area contributed by atoms with Gasteiger partial charge in [0.15, 0.2) is 0 Å². The molecule has 1 aliphatic carbocycles. The average Bonchev–Trinajstić information content (AvgIpc) is 2.47. The standard InChI is InChI=1S/C15H19O4/c1-2-17-14-11-7-6-10-13(14)15(16)19-18-12-8-4-3-5-9-12/h6-7,10-11H,2-5,8-9H2,1H3. The maximum absolute atomic E-state index is 11.9. The third-order valence-electron chi connectivity index (χ3n) is 3.05. The Morgan fingerprint density at radius 2 is 1.89 bits per heavy atom. The van der Waals surface area contributed by atoms with Crippen LogP contribution in [0.4, 0.5) is 0 Å². The Balaban J connectivity index is 1.91. The fraction of sp³-hybridized carbons (Fsp3) is 0.467. The molecule has 4 heteroatoms. The first kappa shape index (κ1) is 13.9. The molecular formula is C15H19O4. The topological polar surface area (TPSA) is 44.8 Å². The zero-order chi connectivity index (χ0) is 13.5. The lowest BCUT2D eigenvalue weighted by molar-refractivity contribution is -0.239. The second kappa shape index (κ2) is 7.14. The average molecular weight is 263 g/mol. The molecule has 19 heavy (non-hydrogen) atoms. The van der Waals surface area contributed by atoms with Crippen LogP contribution in [-0.4, -0.2) is 12.6 Å². The Kier molecular flexibility index (Phi) is 5.21. The van der Waals surface area contributed by atoms with E-state index < -0.39 is 5.97 Å². The van der Waals surface area contributed by atoms with Gasteiger partial charge in [0, 0.05) is 0 Å². The van der Waals surface area contributed by atoms with Crippen LogP contribution in [0.1, 0.15) is 49.4 Å². The van der Waals surface area contributed by atoms with E-state index in [2.05, 4.69) is 0 Å². The Morgan fingerprint density at radius 1 is 1.16 bits per heavy atom. The number of hydrogen-bond donors (Lipinski definition) is 0. The summed E-state index contributed by atoms with van der Waals surface area (Å²) in [4.78, 5) is 22.0. The molecule has 1 radical (unpaired) electrons. The van der Waals surface area contributed by atoms with E-state index in [4.69, 9.17) is 14.5 Å². The Labute approximate surface area is 113 Å². The second-order valence-corrected chi connectivity index (χ2v) is 4.48. The fourth-order valence-electron chi connectivity index (χ4n) is 2.09. The molecule has 1 fully saturated rings. The summed E-state index contributed by atoms with van der Waals surface area (Å²) in [5, 5.41) is 0. The van der Waals surface area contributed by atoms with Crippen LogP contribution in [0.3, 0.4) is 0 Å². The first-order valence-corrected chi connectivity index (χ1v) is 6.76. The highest BCUT2D eigenvalue weighted by Gasteiger charge is 2.20. The molecule has 1 aromatic rings. The summed E-state index contributed by atoms with van der Waals surface area (Å²) in [5.41, 5.74) is 0.390. The van der Waals surface area contributed by atoms with Crippen molar-refractivity contribution in [2.75, 3.05) is 6.61 Å². The van der Waals surface area contributed by atoms with Crippen molar-refractivity contribution in [3.8, 4) is 5.75 Å². The minimum Gasteiger partial charge on any atom is -0.493 e. The molecule has 0 aromatic heterocycles. The van der Waals surface area contributed by atoms with E-state index in [0.29, 0.717) is 17.9 Å². The van der Waals surface area contributed by atoms with E-state index >= 15 is 0 Å². The van der Waals surface area contributed by atoms with Gasteiger partial charge in [0.05, 0.1) is 6.61 Å². The number of ether oxygens (including phenoxy) is 1. The van der Waals surface area contributed by atoms with Gasteiger partial charge < -0.3 is 4.74 Å². The highest BCUT2D eigenvalue weighted by Crippen LogP contribution is 2.27. The van der Waals surface area contributed by atoms with E-state index in [1.807, 2.05) is 13.0 Å². The van der Waals surface area contributed by atoms with Crippen LogP contribution in [0.15, 0.2) is 24.3 Å². The van der Waals surface area contributed by atoms with Gasteiger partial charge >= 0.3 is 5.97 Å². The molecule has 103 valence electrons. The van der Waals surface area contributed by atoms with Gasteiger partial charge in [-0.1, -0.05) is 31.4 Å². The number of carbonyl (C=O) groups excluding carboxylic acids is 1. The van der Waals surface area contributed by atoms with Crippen molar-refractivity contribution in [2.24, 2.45) is 0 Å². The van der Waals surface area contributed by atoms with E-state index in [1.165, 1.54) is 6.42 Å². The molecule has 0 amide bonds. The SMILES string of the molecule is CCOc1ccccc1C(=O)OO[C]1CCCCC1. The fourth-order valence-corrected chi connectivity index (χ4v) is 2.09. The number of benzene rings is 1. The maximum Gasteiger partial charge on any atom is 0.376 e. The summed E-state index contributed by atoms with van der Waals surface area (Å²) >= 11 is 0. The minimum absolute atomic E-state index is 0.390. The van der Waals surface area contributed by atoms with Crippen molar-refractivity contribution >= 4 is 5.97 Å². The predicted molar refractivity (Wildman–Crippen MR) is 70.4 cm³/mol. The monoisotopic (exact) mass is 263 g/mol. The van der Waals surface area contributed by atoms with Gasteiger partial charge in [-0.2, -0.15) is 4.89 Å². The molecule has 2 rings (SSSR count). The van der Waals surface area contributed by atoms with Crippen LogP contribution in [0, 0.1) is 6.10 Å². The second-order valence-electron chi connectivity index (χ2n) is 4.48. The normalized spacial score (nSPS) is 16.1. The van der Waals surface area contributed by atoms with Crippen molar-refractivity contribution in [2.45, 2.75) is 39.0 Å². The van der Waals surface area contributed by atoms with Crippen molar-refractivity contribution in [1.82, 2.24) is 0 Å². The van der Waals surface area contributed by atoms with Gasteiger partial charge in [-0.15, -0.1) is 0 Å². The van der Waals surface area contributed by atoms with Crippen molar-refractivity contribution in [1.29, 1.82) is 0 Å². The van der Waals surface area contributed by atoms with E-state index in [0.717, 1.165) is 31.8 Å². The number of rotatable bonds is 5. The Bertz CT molecular complexity index is 410. The molecule has 0 atom stereocenters. The van der Waals surface area contributed by atoms with Gasteiger partial charge in [0.25, 0.3) is 0 Å². The van der Waals surface area contributed by atoms with Crippen molar-refractivity contribution < 1.29 is 19.3 Å². The smallest absolute Gasteiger partial charge is 0.376 e. The van der Waals surface area contributed by atoms with Gasteiger partial charge in [-0.3, -0.25) is 4.89 Å². The van der Waals surface area contributed by atoms with Crippen LogP contribution in [0.5, 0.6) is 5.75 Å². The molecule has 0 spiro atoms. The molecule has 1 aliphatic rings. The van der Waals surface area contributed by atoms with Gasteiger partial charge in [0.2, 0.25) is 0 Å². The van der Waals surface area contributed by atoms with Crippen LogP contribution < -0.4 is 4.74 Å². The minimum atomic E-state index is -0.512. The zero-order valence-electron chi connectivity index (χ0n) is 11.2. The quantitative estimate of drug-likeness (QED) is 0.600. The molecule has 0 heterocycles. The van der Waals surface area contributed by atoms with E-state index in [9.17, 15) is 4.79 Å². The lowest BCUT2D eigenvalue weighted by atomic mass is 9.98. The van der Waals surface area contributed by atoms with Crippen LogP contribution in [-0.2, 0) is 9.78 Å². The van der Waals surface area contributed by atoms with Gasteiger partial charge in [-0.05, 0) is 31.9 Å². The predicted octanol–water partition coefficient (Wildman–Crippen LogP) is 3.67. The third kappa shape index (κ3) is 3.96. The molecule has 0 bridgehead atoms. The van der Waals surface area contributed by atoms with E-state index in [1.54, 1.807) is 18.2 Å². The summed E-state index contributed by atoms with van der Waals surface area (Å²) in [6.07, 6.45) is 6.02. The first-order valence-electron chi connectivity index (χ1n) is 6.76. The lowest BCUT2D eigenvalue weighted by Crippen LogP contribution is -2.13. The van der Waals surface area contributed by atoms with Gasteiger partial charge in [-0.25, -0.2) is 4.79 Å². The molecule has 0 saturated heterocycles. The summed E-state index contributed by atoms with van der Waals surface area (Å²) < 4.78 is 5.39. The number of hydrogen-bond acceptors (Lipinski definition) is 4. The molecule has 1 saturated carbocycles. The number of carbonyl (C=O) groups is 1. The van der Waals surface area contributed by atoms with Crippen LogP contribution in [0.2, 0.25) is 0 Å². The van der Waals surface area contributed by atoms with Crippen LogP contribution >= 0.6 is 0 Å². The van der Waals surface area contributed by atoms with Crippen molar-refractivity contribution in [3.63, 3.8) is 0 Å². The third-order valence-corrected chi connectivity index (χ3v) is 3.05. The molecule has 1 aromatic carbocycles. The van der Waals surface area contributed by atoms with E-state index in [-0.39, 0.29) is 0 Å². The maximum atomic E-state index is 11.9. The summed E-state index contributed by atoms with van der Waals surface area (Å²) in [6.45, 7) is 2.37. The molecule has 0 N–H and O–H groups in total. The van der Waals surface area contributed by atoms with Gasteiger partial charge in [0.1, 0.15) is 17.4 Å². The highest BCUT2D eigenvalue weighted by molar-refractivity contribution is 5.92. The molecule has 4 nitrogen and oxygen atoms in total. The summed E-state index contributed by atoms with van der Waals surface area (Å²) in [5.74, 6) is 0.00867. The highest BCUT2D eigenvalue weighted by atomic mass is 17.2. The Morgan fingerprint density at radius 3 is 2.63 bits per heavy atom. The molecular weight excluding hydrogens is 244 g/mol. The summed E-state index contributed by atoms with van der Waals surface area (Å²) in [7, 11) is 0. The number of para-hydroxylation sites is 1. The van der Waals surface area contributed by atoms with Crippen molar-refractivity contribution in [3.05, 3.63) is 35.9 Å². The van der Waals surface area contributed by atoms with Crippen LogP contribution in [0.25, 0.3) is 0 Å². The Hall–Kier alpha value is -1.55. The summed E-state index contributed by atoms with van der Waals surface area (Å²) in [6, 6.07) is 7.00.